The summed E-state index contributed by atoms with van der Waals surface area (Å²) in [6.07, 6.45) is 0. The lowest BCUT2D eigenvalue weighted by molar-refractivity contribution is 0.318. The summed E-state index contributed by atoms with van der Waals surface area (Å²) in [6.45, 7) is 1.72. The van der Waals surface area contributed by atoms with Gasteiger partial charge in [0, 0.05) is 7.05 Å². The Kier molecular flexibility index (Phi) is 1.96. The largest absolute Gasteiger partial charge is 0.411 e. The SMILES string of the molecule is CC(=NO)c1nc2ccccc2n1C. The van der Waals surface area contributed by atoms with E-state index >= 15 is 0 Å². The lowest BCUT2D eigenvalue weighted by atomic mass is 10.3. The van der Waals surface area contributed by atoms with Gasteiger partial charge in [-0.25, -0.2) is 4.98 Å². The zero-order valence-corrected chi connectivity index (χ0v) is 8.10. The summed E-state index contributed by atoms with van der Waals surface area (Å²) in [7, 11) is 1.90. The number of rotatable bonds is 1. The highest BCUT2D eigenvalue weighted by molar-refractivity contribution is 5.98. The Morgan fingerprint density at radius 2 is 2.14 bits per heavy atom. The van der Waals surface area contributed by atoms with Crippen molar-refractivity contribution in [2.75, 3.05) is 0 Å². The van der Waals surface area contributed by atoms with Crippen molar-refractivity contribution in [2.24, 2.45) is 12.2 Å². The molecule has 2 rings (SSSR count). The molecule has 0 spiro atoms. The fourth-order valence-corrected chi connectivity index (χ4v) is 1.51. The van der Waals surface area contributed by atoms with E-state index in [1.54, 1.807) is 6.92 Å². The predicted octanol–water partition coefficient (Wildman–Crippen LogP) is 1.77. The second kappa shape index (κ2) is 3.14. The van der Waals surface area contributed by atoms with Gasteiger partial charge in [0.1, 0.15) is 5.71 Å². The summed E-state index contributed by atoms with van der Waals surface area (Å²) in [5, 5.41) is 11.8. The fourth-order valence-electron chi connectivity index (χ4n) is 1.51. The Morgan fingerprint density at radius 1 is 1.43 bits per heavy atom. The van der Waals surface area contributed by atoms with Crippen LogP contribution >= 0.6 is 0 Å². The van der Waals surface area contributed by atoms with Crippen molar-refractivity contribution in [3.05, 3.63) is 30.1 Å². The number of nitrogens with zero attached hydrogens (tertiary/aromatic N) is 3. The number of imidazole rings is 1. The predicted molar refractivity (Wildman–Crippen MR) is 54.7 cm³/mol. The van der Waals surface area contributed by atoms with Crippen molar-refractivity contribution < 1.29 is 5.21 Å². The molecule has 1 N–H and O–H groups in total. The van der Waals surface area contributed by atoms with Gasteiger partial charge in [-0.3, -0.25) is 0 Å². The minimum Gasteiger partial charge on any atom is -0.411 e. The Morgan fingerprint density at radius 3 is 2.79 bits per heavy atom. The maximum Gasteiger partial charge on any atom is 0.158 e. The Balaban J connectivity index is 2.75. The number of aryl methyl sites for hydroxylation is 1. The highest BCUT2D eigenvalue weighted by Gasteiger charge is 2.09. The van der Waals surface area contributed by atoms with E-state index in [2.05, 4.69) is 10.1 Å². The van der Waals surface area contributed by atoms with Crippen LogP contribution in [0.4, 0.5) is 0 Å². The average Bonchev–Trinajstić information content (AvgIpc) is 2.56. The van der Waals surface area contributed by atoms with E-state index < -0.39 is 0 Å². The molecule has 1 heterocycles. The maximum absolute atomic E-state index is 8.67. The molecule has 0 radical (unpaired) electrons. The van der Waals surface area contributed by atoms with Crippen LogP contribution in [-0.4, -0.2) is 20.5 Å². The van der Waals surface area contributed by atoms with E-state index in [1.165, 1.54) is 0 Å². The first-order chi connectivity index (χ1) is 6.74. The van der Waals surface area contributed by atoms with Gasteiger partial charge in [0.05, 0.1) is 11.0 Å². The van der Waals surface area contributed by atoms with Crippen LogP contribution in [0, 0.1) is 0 Å². The van der Waals surface area contributed by atoms with E-state index in [1.807, 2.05) is 35.9 Å². The van der Waals surface area contributed by atoms with E-state index in [0.29, 0.717) is 11.5 Å². The molecule has 0 bridgehead atoms. The minimum absolute atomic E-state index is 0.517. The summed E-state index contributed by atoms with van der Waals surface area (Å²) in [5.41, 5.74) is 2.46. The summed E-state index contributed by atoms with van der Waals surface area (Å²) in [4.78, 5) is 4.36. The van der Waals surface area contributed by atoms with E-state index in [4.69, 9.17) is 5.21 Å². The highest BCUT2D eigenvalue weighted by Crippen LogP contribution is 2.14. The first-order valence-electron chi connectivity index (χ1n) is 4.34. The lowest BCUT2D eigenvalue weighted by Gasteiger charge is -1.98. The van der Waals surface area contributed by atoms with Gasteiger partial charge >= 0.3 is 0 Å². The number of oxime groups is 1. The first kappa shape index (κ1) is 8.74. The summed E-state index contributed by atoms with van der Waals surface area (Å²) in [5.74, 6) is 0.689. The van der Waals surface area contributed by atoms with Gasteiger partial charge in [0.25, 0.3) is 0 Å². The van der Waals surface area contributed by atoms with Crippen molar-refractivity contribution in [3.63, 3.8) is 0 Å². The quantitative estimate of drug-likeness (QED) is 0.422. The smallest absolute Gasteiger partial charge is 0.158 e. The number of hydrogen-bond donors (Lipinski definition) is 1. The molecular formula is C10H11N3O. The molecule has 4 nitrogen and oxygen atoms in total. The van der Waals surface area contributed by atoms with Gasteiger partial charge in [0.2, 0.25) is 0 Å². The second-order valence-electron chi connectivity index (χ2n) is 3.17. The topological polar surface area (TPSA) is 50.4 Å². The maximum atomic E-state index is 8.67. The monoisotopic (exact) mass is 189 g/mol. The minimum atomic E-state index is 0.517. The Bertz CT molecular complexity index is 499. The third-order valence-electron chi connectivity index (χ3n) is 2.26. The van der Waals surface area contributed by atoms with E-state index in [9.17, 15) is 0 Å². The van der Waals surface area contributed by atoms with Crippen LogP contribution in [0.3, 0.4) is 0 Å². The van der Waals surface area contributed by atoms with Gasteiger partial charge < -0.3 is 9.77 Å². The van der Waals surface area contributed by atoms with Crippen LogP contribution in [0.25, 0.3) is 11.0 Å². The van der Waals surface area contributed by atoms with Gasteiger partial charge in [-0.15, -0.1) is 0 Å². The third-order valence-corrected chi connectivity index (χ3v) is 2.26. The summed E-state index contributed by atoms with van der Waals surface area (Å²) < 4.78 is 1.91. The summed E-state index contributed by atoms with van der Waals surface area (Å²) >= 11 is 0. The molecule has 1 aromatic carbocycles. The number of aromatic nitrogens is 2. The van der Waals surface area contributed by atoms with Crippen LogP contribution in [0.1, 0.15) is 12.7 Å². The molecule has 72 valence electrons. The van der Waals surface area contributed by atoms with E-state index in [0.717, 1.165) is 11.0 Å². The molecule has 2 aromatic rings. The molecule has 0 saturated heterocycles. The molecular weight excluding hydrogens is 178 g/mol. The Labute approximate surface area is 81.5 Å². The lowest BCUT2D eigenvalue weighted by Crippen LogP contribution is -2.04. The van der Waals surface area contributed by atoms with Crippen LogP contribution < -0.4 is 0 Å². The van der Waals surface area contributed by atoms with Crippen LogP contribution in [0.15, 0.2) is 29.4 Å². The molecule has 0 saturated carbocycles. The standard InChI is InChI=1S/C10H11N3O/c1-7(12-14)10-11-8-5-3-4-6-9(8)13(10)2/h3-6,14H,1-2H3. The van der Waals surface area contributed by atoms with Crippen molar-refractivity contribution in [1.29, 1.82) is 0 Å². The van der Waals surface area contributed by atoms with Crippen molar-refractivity contribution in [3.8, 4) is 0 Å². The van der Waals surface area contributed by atoms with Crippen LogP contribution in [0.2, 0.25) is 0 Å². The number of benzene rings is 1. The molecule has 4 heteroatoms. The molecule has 0 atom stereocenters. The van der Waals surface area contributed by atoms with Crippen LogP contribution in [0.5, 0.6) is 0 Å². The second-order valence-corrected chi connectivity index (χ2v) is 3.17. The molecule has 1 aromatic heterocycles. The number of hydrogen-bond acceptors (Lipinski definition) is 3. The molecule has 0 aliphatic rings. The zero-order valence-electron chi connectivity index (χ0n) is 8.10. The molecule has 0 amide bonds. The summed E-state index contributed by atoms with van der Waals surface area (Å²) in [6, 6.07) is 7.81. The molecule has 0 aliphatic carbocycles. The van der Waals surface area contributed by atoms with Crippen LogP contribution in [-0.2, 0) is 7.05 Å². The third kappa shape index (κ3) is 1.16. The fraction of sp³-hybridized carbons (Fsp3) is 0.200. The van der Waals surface area contributed by atoms with Crippen molar-refractivity contribution in [1.82, 2.24) is 9.55 Å². The normalized spacial score (nSPS) is 12.3. The van der Waals surface area contributed by atoms with Gasteiger partial charge in [-0.1, -0.05) is 17.3 Å². The molecule has 14 heavy (non-hydrogen) atoms. The number of para-hydroxylation sites is 2. The Hall–Kier alpha value is -1.84. The van der Waals surface area contributed by atoms with Gasteiger partial charge in [0.15, 0.2) is 5.82 Å². The molecule has 0 aliphatic heterocycles. The molecule has 0 unspecified atom stereocenters. The highest BCUT2D eigenvalue weighted by atomic mass is 16.4. The van der Waals surface area contributed by atoms with Crippen molar-refractivity contribution in [2.45, 2.75) is 6.92 Å². The van der Waals surface area contributed by atoms with Gasteiger partial charge in [-0.05, 0) is 19.1 Å². The van der Waals surface area contributed by atoms with E-state index in [-0.39, 0.29) is 0 Å². The number of fused-ring (bicyclic) bond motifs is 1. The van der Waals surface area contributed by atoms with Gasteiger partial charge in [-0.2, -0.15) is 0 Å². The van der Waals surface area contributed by atoms with Crippen molar-refractivity contribution >= 4 is 16.7 Å². The zero-order chi connectivity index (χ0) is 10.1. The molecule has 0 fully saturated rings. The average molecular weight is 189 g/mol. The first-order valence-corrected chi connectivity index (χ1v) is 4.34.